The average molecular weight is 1920 g/mol. The lowest BCUT2D eigenvalue weighted by molar-refractivity contribution is -0.125. The van der Waals surface area contributed by atoms with Gasteiger partial charge in [0.05, 0.1) is 23.1 Å². The highest BCUT2D eigenvalue weighted by Gasteiger charge is 2.12. The Balaban J connectivity index is -0.000000155. The number of nitrogens with two attached hydrogens (primary N) is 4. The van der Waals surface area contributed by atoms with Crippen molar-refractivity contribution >= 4 is 46.8 Å². The zero-order chi connectivity index (χ0) is 108. The van der Waals surface area contributed by atoms with E-state index in [1.165, 1.54) is 12.1 Å². The van der Waals surface area contributed by atoms with E-state index in [1.807, 2.05) is 214 Å². The predicted molar refractivity (Wildman–Crippen MR) is 556 cm³/mol. The maximum atomic E-state index is 11.0. The summed E-state index contributed by atoms with van der Waals surface area (Å²) in [5.74, 6) is 12.4. The second-order valence-electron chi connectivity index (χ2n) is 38.2. The molecular formula is C95H191N33O8. The number of primary amides is 2. The Kier molecular flexibility index (Phi) is 97.3. The third-order valence-corrected chi connectivity index (χ3v) is 14.3. The molecule has 0 radical (unpaired) electrons. The number of amidine groups is 2. The number of allylic oxidation sites excluding steroid dienone is 2. The van der Waals surface area contributed by atoms with Gasteiger partial charge in [0.2, 0.25) is 34.7 Å². The van der Waals surface area contributed by atoms with Crippen LogP contribution in [0.3, 0.4) is 0 Å². The van der Waals surface area contributed by atoms with E-state index < -0.39 is 0 Å². The highest BCUT2D eigenvalue weighted by atomic mass is 16.3. The molecule has 7 aromatic heterocycles. The van der Waals surface area contributed by atoms with Crippen molar-refractivity contribution in [2.75, 3.05) is 6.54 Å². The molecule has 136 heavy (non-hydrogen) atoms. The van der Waals surface area contributed by atoms with E-state index in [0.717, 1.165) is 64.8 Å². The summed E-state index contributed by atoms with van der Waals surface area (Å²) in [6.45, 7) is 92.9. The van der Waals surface area contributed by atoms with E-state index in [9.17, 15) is 33.6 Å². The predicted octanol–water partition coefficient (Wildman–Crippen LogP) is 17.6. The van der Waals surface area contributed by atoms with E-state index in [0.29, 0.717) is 89.3 Å². The van der Waals surface area contributed by atoms with Crippen molar-refractivity contribution in [3.05, 3.63) is 110 Å². The van der Waals surface area contributed by atoms with E-state index in [1.54, 1.807) is 64.4 Å². The Hall–Kier alpha value is -11.5. The molecule has 0 atom stereocenters. The molecule has 0 bridgehead atoms. The number of aliphatic imine (C=N–C) groups is 2. The molecule has 0 aromatic carbocycles. The van der Waals surface area contributed by atoms with Crippen molar-refractivity contribution in [3.63, 3.8) is 0 Å². The van der Waals surface area contributed by atoms with E-state index in [2.05, 4.69) is 232 Å². The van der Waals surface area contributed by atoms with Crippen LogP contribution in [0.1, 0.15) is 384 Å². The van der Waals surface area contributed by atoms with Crippen LogP contribution >= 0.6 is 0 Å². The van der Waals surface area contributed by atoms with Crippen LogP contribution in [0.15, 0.2) is 95.6 Å². The minimum atomic E-state index is -0.241. The average Bonchev–Trinajstić information content (AvgIpc) is 1.84. The van der Waals surface area contributed by atoms with Gasteiger partial charge in [0.15, 0.2) is 29.1 Å². The number of pyridine rings is 2. The highest BCUT2D eigenvalue weighted by Crippen LogP contribution is 2.11. The number of hydrogen-bond acceptors (Lipinski definition) is 28. The molecule has 4 amide bonds. The van der Waals surface area contributed by atoms with Crippen LogP contribution in [-0.4, -0.2) is 196 Å². The summed E-state index contributed by atoms with van der Waals surface area (Å²) in [6.07, 6.45) is 5.81. The molecule has 7 aromatic rings. The van der Waals surface area contributed by atoms with Gasteiger partial charge in [-0.1, -0.05) is 301 Å². The number of carbonyl (C=O) groups excluding carboxylic acids is 5. The van der Waals surface area contributed by atoms with Gasteiger partial charge in [0.1, 0.15) is 12.3 Å². The van der Waals surface area contributed by atoms with E-state index >= 15 is 0 Å². The Bertz CT molecular complexity index is 3660. The maximum Gasteiger partial charge on any atom is 0.247 e. The fourth-order valence-electron chi connectivity index (χ4n) is 6.32. The largest absolute Gasteiger partial charge is 0.512 e. The van der Waals surface area contributed by atoms with Gasteiger partial charge in [0.25, 0.3) is 0 Å². The first-order chi connectivity index (χ1) is 62.6. The third kappa shape index (κ3) is 113. The summed E-state index contributed by atoms with van der Waals surface area (Å²) in [6, 6.07) is 11.0. The normalized spacial score (nSPS) is 11.1. The van der Waals surface area contributed by atoms with Crippen LogP contribution in [0, 0.1) is 76.9 Å². The second-order valence-corrected chi connectivity index (χ2v) is 38.2. The minimum Gasteiger partial charge on any atom is -0.512 e. The standard InChI is InChI=1S/2C8H16O.2C7H16N2.2C7H15NO.C5H9N3.2C5H5NO.5C4H8N4.2C4H9NO.2C4H10/c2*1-6(2)5-8(9)7(3)4;2*1-5(2)7(8)9-6(3)4;2*1-5(2)7(9)8-6(3)4;1-4(2)5-3-6-8-7-5;2*7-5-3-1-2-4-6-5;5*1-3(2)4-5-7-8-6-4;2*1-3(2)4(5)6;2*1-4(2)3/h6-7H,5H2,1-4H3;5-7,9H,1-4H3;2*5-6H,1-4H3,(H2,8,9);2*5-6H,1-4H3,(H,8,9);4H,3H2,1-2H3;2*1-4H,(H,6,7);5*3H,1-2H3,(H,5,6,7,8);2*3H,1-2H3,(H2,5,6);2*4H,1-3H3/b;8-5-;;;;;;;;;;;;;;;;. The number of H-pyrrole nitrogens is 7. The van der Waals surface area contributed by atoms with Crippen LogP contribution in [-0.2, 0) is 24.0 Å². The highest BCUT2D eigenvalue weighted by molar-refractivity contribution is 5.88. The molecule has 0 spiro atoms. The number of hydrogen-bond donors (Lipinski definition) is 14. The van der Waals surface area contributed by atoms with Crippen LogP contribution in [0.5, 0.6) is 0 Å². The number of nitrogens with one attached hydrogen (secondary N) is 9. The molecule has 0 saturated heterocycles. The zero-order valence-corrected chi connectivity index (χ0v) is 92.4. The number of rotatable bonds is 21. The van der Waals surface area contributed by atoms with Crippen molar-refractivity contribution in [1.29, 1.82) is 0 Å². The van der Waals surface area contributed by atoms with Gasteiger partial charge < -0.3 is 48.6 Å². The molecule has 1 aliphatic heterocycles. The first kappa shape index (κ1) is 145. The Morgan fingerprint density at radius 3 is 0.706 bits per heavy atom. The van der Waals surface area contributed by atoms with Gasteiger partial charge >= 0.3 is 0 Å². The zero-order valence-electron chi connectivity index (χ0n) is 92.4. The van der Waals surface area contributed by atoms with Crippen molar-refractivity contribution in [2.45, 2.75) is 379 Å². The number of nitrogens with zero attached hydrogens (tertiary/aromatic N) is 20. The van der Waals surface area contributed by atoms with Gasteiger partial charge in [-0.3, -0.25) is 43.5 Å². The lowest BCUT2D eigenvalue weighted by Gasteiger charge is -2.09. The van der Waals surface area contributed by atoms with Crippen molar-refractivity contribution in [1.82, 2.24) is 124 Å². The van der Waals surface area contributed by atoms with Gasteiger partial charge in [0, 0.05) is 132 Å². The topological polar surface area (TPSA) is 634 Å². The number of tetrazole rings is 5. The summed E-state index contributed by atoms with van der Waals surface area (Å²) >= 11 is 0. The van der Waals surface area contributed by atoms with Gasteiger partial charge in [-0.2, -0.15) is 31.2 Å². The molecule has 18 N–H and O–H groups in total. The molecule has 41 nitrogen and oxygen atoms in total. The Morgan fingerprint density at radius 1 is 0.375 bits per heavy atom. The third-order valence-electron chi connectivity index (χ3n) is 14.3. The summed E-state index contributed by atoms with van der Waals surface area (Å²) < 4.78 is 0. The van der Waals surface area contributed by atoms with Gasteiger partial charge in [-0.25, -0.2) is 0 Å². The summed E-state index contributed by atoms with van der Waals surface area (Å²) in [5.41, 5.74) is 21.7. The molecular weight excluding hydrogens is 1730 g/mol. The number of amides is 4. The molecule has 0 unspecified atom stereocenters. The Morgan fingerprint density at radius 2 is 0.632 bits per heavy atom. The molecule has 8 heterocycles. The number of aliphatic hydroxyl groups excluding tert-OH is 1. The number of carbonyl (C=O) groups is 5. The van der Waals surface area contributed by atoms with E-state index in [-0.39, 0.29) is 82.3 Å². The molecule has 1 aliphatic rings. The van der Waals surface area contributed by atoms with E-state index in [4.69, 9.17) is 28.0 Å². The second kappa shape index (κ2) is 91.3. The van der Waals surface area contributed by atoms with Crippen LogP contribution in [0.25, 0.3) is 0 Å². The monoisotopic (exact) mass is 1920 g/mol. The lowest BCUT2D eigenvalue weighted by Crippen LogP contribution is -2.33. The molecule has 0 fully saturated rings. The van der Waals surface area contributed by atoms with Gasteiger partial charge in [-0.05, 0) is 108 Å². The van der Waals surface area contributed by atoms with Gasteiger partial charge in [-0.15, -0.1) is 56.1 Å². The Labute approximate surface area is 816 Å². The summed E-state index contributed by atoms with van der Waals surface area (Å²) in [4.78, 5) is 86.2. The first-order valence-electron chi connectivity index (χ1n) is 47.3. The molecule has 8 rings (SSSR count). The lowest BCUT2D eigenvalue weighted by atomic mass is 9.99. The quantitative estimate of drug-likeness (QED) is 0.0180. The number of aliphatic hydroxyl groups is 1. The molecule has 41 heteroatoms. The summed E-state index contributed by atoms with van der Waals surface area (Å²) in [5, 5.41) is 92.4. The number of aromatic amines is 7. The van der Waals surface area contributed by atoms with Crippen molar-refractivity contribution in [2.24, 2.45) is 125 Å². The van der Waals surface area contributed by atoms with Crippen LogP contribution in [0.4, 0.5) is 0 Å². The van der Waals surface area contributed by atoms with Crippen molar-refractivity contribution in [3.8, 4) is 0 Å². The number of Topliss-reactive ketones (excluding diaryl/α,β-unsaturated/α-hetero) is 1. The number of ketones is 1. The SMILES string of the molecule is CC(C)/C=C(\O)C(C)C.CC(C)C.CC(C)C.CC(C)C(N)=O.CC(C)C(N)=O.CC(C)C1=NN=NC1.CC(C)CC(=O)C(C)C.CC(C)N=C(N)C(C)C.CC(C)N=C(N)C(C)C.CC(C)NC(=O)C(C)C.CC(C)NC(=O)C(C)C.CC(C)c1nn[nH]n1.CC(C)c1nn[nH]n1.CC(C)c1nn[nH]n1.CC(C)c1nn[nH]n1.CC(C)c1nn[nH]n1.O=c1cccc[nH]1.O=c1cccc[nH]1. The summed E-state index contributed by atoms with van der Waals surface area (Å²) in [7, 11) is 0. The van der Waals surface area contributed by atoms with Crippen molar-refractivity contribution < 1.29 is 29.1 Å². The van der Waals surface area contributed by atoms with Crippen LogP contribution < -0.4 is 44.7 Å². The van der Waals surface area contributed by atoms with Crippen LogP contribution in [0.2, 0.25) is 0 Å². The smallest absolute Gasteiger partial charge is 0.247 e. The molecule has 784 valence electrons. The first-order valence-corrected chi connectivity index (χ1v) is 47.3. The minimum absolute atomic E-state index is 0.00926. The molecule has 0 saturated carbocycles. The maximum absolute atomic E-state index is 11.0. The fourth-order valence-corrected chi connectivity index (χ4v) is 6.32. The molecule has 0 aliphatic carbocycles. The number of aromatic nitrogens is 22. The fraction of sp³-hybridized carbons (Fsp3) is 0.737.